The molecular formula is C48H52N8O4. The van der Waals surface area contributed by atoms with Gasteiger partial charge in [0.2, 0.25) is 0 Å². The van der Waals surface area contributed by atoms with Gasteiger partial charge in [0.15, 0.2) is 10.9 Å². The van der Waals surface area contributed by atoms with Crippen LogP contribution in [0.15, 0.2) is 142 Å². The average molecular weight is 805 g/mol. The van der Waals surface area contributed by atoms with Crippen LogP contribution in [0.5, 0.6) is 0 Å². The van der Waals surface area contributed by atoms with Crippen LogP contribution in [0, 0.1) is 27.7 Å². The number of imidazole rings is 2. The number of aromatic nitrogens is 6. The molecule has 0 bridgehead atoms. The van der Waals surface area contributed by atoms with Gasteiger partial charge >= 0.3 is 0 Å². The first kappa shape index (κ1) is 41.7. The van der Waals surface area contributed by atoms with Crippen molar-refractivity contribution in [2.24, 2.45) is 0 Å². The van der Waals surface area contributed by atoms with Crippen molar-refractivity contribution in [3.05, 3.63) is 188 Å². The van der Waals surface area contributed by atoms with E-state index in [1.165, 1.54) is 11.1 Å². The van der Waals surface area contributed by atoms with Gasteiger partial charge in [0.25, 0.3) is 0 Å². The molecule has 0 amide bonds. The third kappa shape index (κ3) is 10.6. The van der Waals surface area contributed by atoms with Gasteiger partial charge in [-0.05, 0) is 110 Å². The summed E-state index contributed by atoms with van der Waals surface area (Å²) in [5.74, 6) is 0. The number of fused-ring (bicyclic) bond motifs is 2. The molecule has 12 nitrogen and oxygen atoms in total. The smallest absolute Gasteiger partial charge is 0.197 e. The van der Waals surface area contributed by atoms with Crippen molar-refractivity contribution in [1.82, 2.24) is 38.9 Å². The summed E-state index contributed by atoms with van der Waals surface area (Å²) in [5.41, 5.74) is 9.46. The number of hydrogen-bond acceptors (Lipinski definition) is 10. The number of aryl methyl sites for hydroxylation is 6. The molecular weight excluding hydrogens is 753 g/mol. The Bertz CT molecular complexity index is 2520. The average Bonchev–Trinajstić information content (AvgIpc) is 3.99. The summed E-state index contributed by atoms with van der Waals surface area (Å²) in [7, 11) is 0. The van der Waals surface area contributed by atoms with E-state index in [4.69, 9.17) is 8.83 Å². The molecule has 0 atom stereocenters. The Morgan fingerprint density at radius 2 is 0.933 bits per heavy atom. The monoisotopic (exact) mass is 804 g/mol. The number of rotatable bonds is 16. The van der Waals surface area contributed by atoms with Gasteiger partial charge in [0.1, 0.15) is 11.2 Å². The minimum Gasteiger partial charge on any atom is -0.463 e. The lowest BCUT2D eigenvalue weighted by Gasteiger charge is -2.22. The molecule has 0 unspecified atom stereocenters. The quantitative estimate of drug-likeness (QED) is 0.0943. The molecule has 8 aromatic rings. The van der Waals surface area contributed by atoms with Crippen LogP contribution in [-0.2, 0) is 39.3 Å². The highest BCUT2D eigenvalue weighted by molar-refractivity contribution is 5.81. The number of nitrogens with zero attached hydrogens (tertiary/aromatic N) is 8. The summed E-state index contributed by atoms with van der Waals surface area (Å²) in [6.45, 7) is 14.1. The van der Waals surface area contributed by atoms with Gasteiger partial charge in [-0.3, -0.25) is 29.4 Å². The second kappa shape index (κ2) is 20.0. The maximum atomic E-state index is 13.1. The van der Waals surface area contributed by atoms with Gasteiger partial charge in [-0.1, -0.05) is 12.1 Å². The van der Waals surface area contributed by atoms with Gasteiger partial charge < -0.3 is 18.0 Å². The summed E-state index contributed by atoms with van der Waals surface area (Å²) < 4.78 is 15.9. The van der Waals surface area contributed by atoms with E-state index in [-0.39, 0.29) is 10.9 Å². The van der Waals surface area contributed by atoms with Crippen LogP contribution >= 0.6 is 0 Å². The van der Waals surface area contributed by atoms with E-state index in [2.05, 4.69) is 38.9 Å². The Labute approximate surface area is 349 Å². The van der Waals surface area contributed by atoms with Crippen LogP contribution in [0.2, 0.25) is 0 Å². The van der Waals surface area contributed by atoms with Crippen molar-refractivity contribution in [3.63, 3.8) is 0 Å². The molecule has 0 saturated carbocycles. The van der Waals surface area contributed by atoms with E-state index < -0.39 is 0 Å². The normalized spacial score (nSPS) is 11.4. The fraction of sp³-hybridized carbons (Fsp3) is 0.292. The van der Waals surface area contributed by atoms with Crippen molar-refractivity contribution in [3.8, 4) is 0 Å². The van der Waals surface area contributed by atoms with Gasteiger partial charge in [0, 0.05) is 113 Å². The van der Waals surface area contributed by atoms with E-state index in [9.17, 15) is 9.59 Å². The van der Waals surface area contributed by atoms with Gasteiger partial charge in [-0.15, -0.1) is 0 Å². The first-order chi connectivity index (χ1) is 29.2. The Balaban J connectivity index is 0.000000181. The summed E-state index contributed by atoms with van der Waals surface area (Å²) in [6.07, 6.45) is 23.6. The molecule has 0 spiro atoms. The van der Waals surface area contributed by atoms with Crippen molar-refractivity contribution in [2.45, 2.75) is 79.8 Å². The zero-order chi connectivity index (χ0) is 41.8. The minimum absolute atomic E-state index is 0.0497. The molecule has 6 aromatic heterocycles. The maximum Gasteiger partial charge on any atom is 0.197 e. The Morgan fingerprint density at radius 3 is 1.32 bits per heavy atom. The van der Waals surface area contributed by atoms with E-state index in [1.54, 1.807) is 49.7 Å². The minimum atomic E-state index is 0.0497. The summed E-state index contributed by atoms with van der Waals surface area (Å²) in [6, 6.07) is 15.8. The summed E-state index contributed by atoms with van der Waals surface area (Å²) >= 11 is 0. The second-order valence-corrected chi connectivity index (χ2v) is 15.4. The predicted octanol–water partition coefficient (Wildman–Crippen LogP) is 8.19. The second-order valence-electron chi connectivity index (χ2n) is 15.4. The van der Waals surface area contributed by atoms with Gasteiger partial charge in [-0.25, -0.2) is 9.97 Å². The first-order valence-electron chi connectivity index (χ1n) is 20.4. The van der Waals surface area contributed by atoms with Gasteiger partial charge in [0.05, 0.1) is 36.0 Å². The van der Waals surface area contributed by atoms with E-state index >= 15 is 0 Å². The molecule has 308 valence electrons. The SMILES string of the molecule is Cc1ccc2c(=O)c(CN(CCCn3ccnc3)Cc3ccncc3)coc2c1C.Cc1ccc2c(=O)c(CN(CCCn3ccnc3)Cc3ccncc3)coc2c1C. The van der Waals surface area contributed by atoms with E-state index in [1.807, 2.05) is 101 Å². The third-order valence-electron chi connectivity index (χ3n) is 11.1. The van der Waals surface area contributed by atoms with Gasteiger partial charge in [-0.2, -0.15) is 0 Å². The van der Waals surface area contributed by atoms with Crippen molar-refractivity contribution >= 4 is 21.9 Å². The van der Waals surface area contributed by atoms with Crippen molar-refractivity contribution in [1.29, 1.82) is 0 Å². The zero-order valence-electron chi connectivity index (χ0n) is 34.8. The summed E-state index contributed by atoms with van der Waals surface area (Å²) in [5, 5.41) is 1.30. The topological polar surface area (TPSA) is 128 Å². The van der Waals surface area contributed by atoms with Crippen molar-refractivity contribution < 1.29 is 8.83 Å². The molecule has 0 fully saturated rings. The standard InChI is InChI=1S/2C24H26N4O2/c2*1-18-4-5-22-23(29)21(16-30-24(22)19(18)2)15-28(14-20-6-8-25-9-7-20)12-3-11-27-13-10-26-17-27/h2*4-10,13,16-17H,3,11-12,14-15H2,1-2H3. The highest BCUT2D eigenvalue weighted by atomic mass is 16.3. The molecule has 60 heavy (non-hydrogen) atoms. The van der Waals surface area contributed by atoms with Crippen LogP contribution in [0.1, 0.15) is 57.3 Å². The Morgan fingerprint density at radius 1 is 0.517 bits per heavy atom. The molecule has 0 aliphatic rings. The summed E-state index contributed by atoms with van der Waals surface area (Å²) in [4.78, 5) is 47.2. The third-order valence-corrected chi connectivity index (χ3v) is 11.1. The lowest BCUT2D eigenvalue weighted by molar-refractivity contribution is 0.246. The predicted molar refractivity (Wildman–Crippen MR) is 234 cm³/mol. The number of pyridine rings is 2. The highest BCUT2D eigenvalue weighted by Gasteiger charge is 2.16. The Kier molecular flexibility index (Phi) is 13.9. The molecule has 8 rings (SSSR count). The molecule has 0 N–H and O–H groups in total. The molecule has 0 radical (unpaired) electrons. The van der Waals surface area contributed by atoms with E-state index in [0.717, 1.165) is 74.4 Å². The molecule has 0 aliphatic heterocycles. The Hall–Kier alpha value is -6.50. The lowest BCUT2D eigenvalue weighted by Crippen LogP contribution is -2.27. The number of hydrogen-bond donors (Lipinski definition) is 0. The molecule has 12 heteroatoms. The van der Waals surface area contributed by atoms with E-state index in [0.29, 0.717) is 46.2 Å². The molecule has 2 aromatic carbocycles. The molecule has 0 aliphatic carbocycles. The van der Waals surface area contributed by atoms with Crippen LogP contribution in [-0.4, -0.2) is 52.0 Å². The fourth-order valence-corrected chi connectivity index (χ4v) is 7.37. The molecule has 0 saturated heterocycles. The van der Waals surface area contributed by atoms with Crippen LogP contribution in [0.4, 0.5) is 0 Å². The number of benzene rings is 2. The largest absolute Gasteiger partial charge is 0.463 e. The van der Waals surface area contributed by atoms with Crippen LogP contribution in [0.25, 0.3) is 21.9 Å². The lowest BCUT2D eigenvalue weighted by atomic mass is 10.0. The maximum absolute atomic E-state index is 13.1. The first-order valence-corrected chi connectivity index (χ1v) is 20.4. The highest BCUT2D eigenvalue weighted by Crippen LogP contribution is 2.22. The van der Waals surface area contributed by atoms with Crippen LogP contribution in [0.3, 0.4) is 0 Å². The zero-order valence-corrected chi connectivity index (χ0v) is 34.8. The van der Waals surface area contributed by atoms with Crippen molar-refractivity contribution in [2.75, 3.05) is 13.1 Å². The molecule has 6 heterocycles. The fourth-order valence-electron chi connectivity index (χ4n) is 7.37. The van der Waals surface area contributed by atoms with Crippen LogP contribution < -0.4 is 10.9 Å².